The molecule has 6 N–H and O–H groups in total. The van der Waals surface area contributed by atoms with Crippen molar-refractivity contribution in [1.29, 1.82) is 0 Å². The van der Waals surface area contributed by atoms with Crippen LogP contribution in [0.3, 0.4) is 0 Å². The summed E-state index contributed by atoms with van der Waals surface area (Å²) in [6.07, 6.45) is 8.06. The summed E-state index contributed by atoms with van der Waals surface area (Å²) in [6, 6.07) is 0.719. The first-order valence-corrected chi connectivity index (χ1v) is 11.5. The van der Waals surface area contributed by atoms with Crippen LogP contribution in [0.5, 0.6) is 0 Å². The molecule has 0 spiro atoms. The van der Waals surface area contributed by atoms with Crippen molar-refractivity contribution < 1.29 is 9.90 Å². The average molecular weight is 463 g/mol. The zero-order valence-corrected chi connectivity index (χ0v) is 18.9. The fourth-order valence-corrected chi connectivity index (χ4v) is 4.49. The number of aliphatic hydroxyl groups excluding tert-OH is 1. The second-order valence-electron chi connectivity index (χ2n) is 8.94. The number of aliphatic imine (C=N–C) groups is 1. The van der Waals surface area contributed by atoms with Crippen molar-refractivity contribution in [3.05, 3.63) is 23.1 Å². The number of nitrogens with one attached hydrogen (secondary N) is 3. The lowest BCUT2D eigenvalue weighted by Crippen LogP contribution is -2.40. The monoisotopic (exact) mass is 462 g/mol. The maximum Gasteiger partial charge on any atom is 0.317 e. The smallest absolute Gasteiger partial charge is 0.317 e. The Morgan fingerprint density at radius 2 is 2.09 bits per heavy atom. The Balaban J connectivity index is 1.31. The molecule has 2 heterocycles. The molecule has 3 aliphatic rings. The molecule has 2 amide bonds. The summed E-state index contributed by atoms with van der Waals surface area (Å²) in [7, 11) is 0. The van der Waals surface area contributed by atoms with Gasteiger partial charge in [0.05, 0.1) is 24.5 Å². The van der Waals surface area contributed by atoms with Gasteiger partial charge in [-0.3, -0.25) is 4.99 Å². The highest BCUT2D eigenvalue weighted by atomic mass is 35.5. The molecule has 4 rings (SSSR count). The lowest BCUT2D eigenvalue weighted by atomic mass is 10.0. The minimum absolute atomic E-state index is 0.0849. The van der Waals surface area contributed by atoms with E-state index in [2.05, 4.69) is 30.9 Å². The van der Waals surface area contributed by atoms with Gasteiger partial charge in [0.1, 0.15) is 5.02 Å². The minimum atomic E-state index is -0.529. The maximum atomic E-state index is 12.3. The highest BCUT2D eigenvalue weighted by Gasteiger charge is 2.43. The van der Waals surface area contributed by atoms with E-state index in [1.165, 1.54) is 12.4 Å². The van der Waals surface area contributed by atoms with Gasteiger partial charge in [-0.15, -0.1) is 0 Å². The summed E-state index contributed by atoms with van der Waals surface area (Å²) >= 11 is 6.33. The number of aliphatic hydroxyl groups is 1. The molecule has 174 valence electrons. The Hall–Kier alpha value is -2.59. The van der Waals surface area contributed by atoms with Gasteiger partial charge in [-0.2, -0.15) is 4.98 Å². The van der Waals surface area contributed by atoms with Crippen molar-refractivity contribution in [1.82, 2.24) is 20.2 Å². The molecule has 0 aromatic carbocycles. The summed E-state index contributed by atoms with van der Waals surface area (Å²) in [5, 5.41) is 19.3. The number of aromatic nitrogens is 2. The molecule has 11 heteroatoms. The number of hydrogen-bond acceptors (Lipinski definition) is 8. The van der Waals surface area contributed by atoms with Gasteiger partial charge in [-0.1, -0.05) is 11.6 Å². The molecule has 3 fully saturated rings. The summed E-state index contributed by atoms with van der Waals surface area (Å²) in [4.78, 5) is 27.1. The molecular formula is C21H31ClN8O2. The van der Waals surface area contributed by atoms with Crippen LogP contribution in [0.1, 0.15) is 32.6 Å². The summed E-state index contributed by atoms with van der Waals surface area (Å²) < 4.78 is 0. The van der Waals surface area contributed by atoms with Gasteiger partial charge in [0.2, 0.25) is 5.95 Å². The summed E-state index contributed by atoms with van der Waals surface area (Å²) in [5.74, 6) is 1.90. The summed E-state index contributed by atoms with van der Waals surface area (Å²) in [6.45, 7) is 3.55. The first kappa shape index (κ1) is 22.6. The van der Waals surface area contributed by atoms with Crippen LogP contribution in [-0.2, 0) is 0 Å². The third-order valence-electron chi connectivity index (χ3n) is 6.06. The number of carbonyl (C=O) groups is 1. The van der Waals surface area contributed by atoms with Gasteiger partial charge >= 0.3 is 6.03 Å². The van der Waals surface area contributed by atoms with Gasteiger partial charge in [-0.25, -0.2) is 9.78 Å². The predicted molar refractivity (Wildman–Crippen MR) is 125 cm³/mol. The van der Waals surface area contributed by atoms with Crippen molar-refractivity contribution in [2.45, 2.75) is 50.8 Å². The fourth-order valence-electron chi connectivity index (χ4n) is 4.35. The highest BCUT2D eigenvalue weighted by Crippen LogP contribution is 2.40. The van der Waals surface area contributed by atoms with Crippen LogP contribution in [0.25, 0.3) is 0 Å². The topological polar surface area (TPSA) is 141 Å². The number of halogens is 1. The van der Waals surface area contributed by atoms with E-state index in [1.807, 2.05) is 4.90 Å². The molecule has 1 aromatic rings. The number of nitrogens with two attached hydrogens (primary N) is 1. The molecule has 32 heavy (non-hydrogen) atoms. The molecule has 10 nitrogen and oxygen atoms in total. The van der Waals surface area contributed by atoms with E-state index in [0.717, 1.165) is 38.8 Å². The van der Waals surface area contributed by atoms with Crippen LogP contribution >= 0.6 is 11.6 Å². The minimum Gasteiger partial charge on any atom is -0.403 e. The molecule has 1 aliphatic heterocycles. The Morgan fingerprint density at radius 1 is 1.38 bits per heavy atom. The number of anilines is 2. The van der Waals surface area contributed by atoms with E-state index >= 15 is 0 Å². The van der Waals surface area contributed by atoms with Gasteiger partial charge in [0, 0.05) is 37.6 Å². The van der Waals surface area contributed by atoms with Crippen LogP contribution in [0, 0.1) is 11.8 Å². The molecule has 0 radical (unpaired) electrons. The van der Waals surface area contributed by atoms with E-state index in [1.54, 1.807) is 13.1 Å². The van der Waals surface area contributed by atoms with Gasteiger partial charge in [-0.05, 0) is 44.4 Å². The number of nitrogens with zero attached hydrogens (tertiary/aromatic N) is 4. The SMILES string of the molecule is CC(O)CN=CC(=CN)Nc1ncc(Cl)c(NC2CC3CN(C(=O)NC4CC4)CC3C2)n1. The largest absolute Gasteiger partial charge is 0.403 e. The highest BCUT2D eigenvalue weighted by molar-refractivity contribution is 6.32. The molecule has 0 bridgehead atoms. The van der Waals surface area contributed by atoms with Crippen LogP contribution in [-0.4, -0.2) is 70.0 Å². The number of amides is 2. The van der Waals surface area contributed by atoms with Crippen molar-refractivity contribution in [2.75, 3.05) is 30.3 Å². The van der Waals surface area contributed by atoms with E-state index in [4.69, 9.17) is 17.3 Å². The number of hydrogen-bond donors (Lipinski definition) is 5. The van der Waals surface area contributed by atoms with Crippen LogP contribution in [0.15, 0.2) is 23.1 Å². The zero-order valence-electron chi connectivity index (χ0n) is 18.2. The third-order valence-corrected chi connectivity index (χ3v) is 6.34. The Bertz CT molecular complexity index is 875. The van der Waals surface area contributed by atoms with Crippen molar-refractivity contribution in [3.8, 4) is 0 Å². The van der Waals surface area contributed by atoms with Crippen molar-refractivity contribution in [2.24, 2.45) is 22.6 Å². The number of carbonyl (C=O) groups excluding carboxylic acids is 1. The molecule has 1 aromatic heterocycles. The van der Waals surface area contributed by atoms with E-state index in [9.17, 15) is 9.90 Å². The molecular weight excluding hydrogens is 432 g/mol. The number of rotatable bonds is 8. The third kappa shape index (κ3) is 5.80. The average Bonchev–Trinajstić information content (AvgIpc) is 3.35. The first-order valence-electron chi connectivity index (χ1n) is 11.1. The Morgan fingerprint density at radius 3 is 2.72 bits per heavy atom. The second kappa shape index (κ2) is 9.91. The van der Waals surface area contributed by atoms with Crippen LogP contribution in [0.2, 0.25) is 5.02 Å². The fraction of sp³-hybridized carbons (Fsp3) is 0.619. The number of allylic oxidation sites excluding steroid dienone is 1. The number of fused-ring (bicyclic) bond motifs is 1. The second-order valence-corrected chi connectivity index (χ2v) is 9.35. The lowest BCUT2D eigenvalue weighted by molar-refractivity contribution is 0.203. The lowest BCUT2D eigenvalue weighted by Gasteiger charge is -2.21. The zero-order chi connectivity index (χ0) is 22.7. The van der Waals surface area contributed by atoms with Crippen LogP contribution < -0.4 is 21.7 Å². The Labute approximate surface area is 192 Å². The van der Waals surface area contributed by atoms with Crippen molar-refractivity contribution >= 4 is 35.6 Å². The predicted octanol–water partition coefficient (Wildman–Crippen LogP) is 1.79. The summed E-state index contributed by atoms with van der Waals surface area (Å²) in [5.41, 5.74) is 6.16. The van der Waals surface area contributed by atoms with E-state index < -0.39 is 6.10 Å². The number of likely N-dealkylation sites (tertiary alicyclic amines) is 1. The van der Waals surface area contributed by atoms with Crippen LogP contribution in [0.4, 0.5) is 16.6 Å². The van der Waals surface area contributed by atoms with E-state index in [-0.39, 0.29) is 18.6 Å². The van der Waals surface area contributed by atoms with Gasteiger partial charge in [0.25, 0.3) is 0 Å². The molecule has 1 saturated heterocycles. The van der Waals surface area contributed by atoms with Gasteiger partial charge in [0.15, 0.2) is 5.82 Å². The van der Waals surface area contributed by atoms with Crippen molar-refractivity contribution in [3.63, 3.8) is 0 Å². The standard InChI is InChI=1S/C21H31ClN8O2/c1-12(31)7-24-8-17(6-23)27-20-25-9-18(22)19(29-20)26-16-4-13-10-30(11-14(13)5-16)21(32)28-15-2-3-15/h6,8-9,12-16,31H,2-5,7,10-11,23H2,1H3,(H,28,32)(H2,25,26,27,29). The molecule has 3 unspecified atom stereocenters. The molecule has 2 saturated carbocycles. The molecule has 2 aliphatic carbocycles. The maximum absolute atomic E-state index is 12.3. The quantitative estimate of drug-likeness (QED) is 0.371. The van der Waals surface area contributed by atoms with Gasteiger partial charge < -0.3 is 31.7 Å². The normalized spacial score (nSPS) is 26.3. The Kier molecular flexibility index (Phi) is 7.00. The number of urea groups is 1. The van der Waals surface area contributed by atoms with E-state index in [0.29, 0.717) is 40.4 Å². The molecule has 3 atom stereocenters. The first-order chi connectivity index (χ1) is 15.4.